The van der Waals surface area contributed by atoms with Crippen LogP contribution in [0.1, 0.15) is 10.4 Å². The van der Waals surface area contributed by atoms with Gasteiger partial charge in [-0.3, -0.25) is 5.41 Å². The number of anilines is 1. The van der Waals surface area contributed by atoms with Crippen LogP contribution >= 0.6 is 0 Å². The van der Waals surface area contributed by atoms with Gasteiger partial charge in [-0.2, -0.15) is 4.98 Å². The number of aromatic nitrogens is 1. The summed E-state index contributed by atoms with van der Waals surface area (Å²) in [6, 6.07) is 2.82. The summed E-state index contributed by atoms with van der Waals surface area (Å²) in [5, 5.41) is 21.3. The molecule has 86 valence electrons. The molecule has 1 heterocycles. The highest BCUT2D eigenvalue weighted by atomic mass is 16.5. The topological polar surface area (TPSA) is 107 Å². The zero-order valence-electron chi connectivity index (χ0n) is 8.87. The number of hydrogen-bond donors (Lipinski definition) is 4. The molecule has 1 rings (SSSR count). The summed E-state index contributed by atoms with van der Waals surface area (Å²) in [7, 11) is 2.92. The Bertz CT molecular complexity index is 419. The number of hydrogen-bond acceptors (Lipinski definition) is 4. The largest absolute Gasteiger partial charge is 0.480 e. The first kappa shape index (κ1) is 11.8. The first-order valence-electron chi connectivity index (χ1n) is 4.40. The quantitative estimate of drug-likeness (QED) is 0.436. The van der Waals surface area contributed by atoms with Crippen molar-refractivity contribution in [1.29, 1.82) is 5.41 Å². The predicted molar refractivity (Wildman–Crippen MR) is 58.2 cm³/mol. The van der Waals surface area contributed by atoms with Gasteiger partial charge in [0.1, 0.15) is 11.4 Å². The van der Waals surface area contributed by atoms with E-state index in [1.165, 1.54) is 19.2 Å². The molecule has 0 aromatic carbocycles. The molecular weight excluding hydrogens is 212 g/mol. The highest BCUT2D eigenvalue weighted by molar-refractivity contribution is 5.92. The fourth-order valence-corrected chi connectivity index (χ4v) is 1.02. The van der Waals surface area contributed by atoms with Crippen molar-refractivity contribution in [2.75, 3.05) is 19.5 Å². The molecule has 7 heteroatoms. The maximum atomic E-state index is 10.8. The normalized spacial score (nSPS) is 9.38. The molecule has 1 aromatic heterocycles. The summed E-state index contributed by atoms with van der Waals surface area (Å²) in [6.45, 7) is 0. The molecule has 0 unspecified atom stereocenters. The highest BCUT2D eigenvalue weighted by Gasteiger charge is 2.12. The van der Waals surface area contributed by atoms with E-state index in [2.05, 4.69) is 15.6 Å². The lowest BCUT2D eigenvalue weighted by Crippen LogP contribution is -2.26. The lowest BCUT2D eigenvalue weighted by molar-refractivity contribution is 0.0692. The summed E-state index contributed by atoms with van der Waals surface area (Å²) in [6.07, 6.45) is 0. The van der Waals surface area contributed by atoms with Crippen molar-refractivity contribution < 1.29 is 14.6 Å². The summed E-state index contributed by atoms with van der Waals surface area (Å²) in [5.41, 5.74) is -0.0240. The molecule has 0 saturated heterocycles. The number of nitrogens with one attached hydrogen (secondary N) is 3. The molecular formula is C9H12N4O3. The molecule has 0 saturated carbocycles. The van der Waals surface area contributed by atoms with E-state index >= 15 is 0 Å². The van der Waals surface area contributed by atoms with Crippen molar-refractivity contribution >= 4 is 17.7 Å². The molecule has 0 spiro atoms. The number of rotatable bonds is 3. The summed E-state index contributed by atoms with van der Waals surface area (Å²) < 4.78 is 4.84. The van der Waals surface area contributed by atoms with Gasteiger partial charge in [0.05, 0.1) is 7.11 Å². The van der Waals surface area contributed by atoms with Gasteiger partial charge in [0.2, 0.25) is 5.88 Å². The fraction of sp³-hybridized carbons (Fsp3) is 0.222. The van der Waals surface area contributed by atoms with E-state index in [1.54, 1.807) is 7.05 Å². The molecule has 0 aliphatic rings. The van der Waals surface area contributed by atoms with E-state index < -0.39 is 5.97 Å². The van der Waals surface area contributed by atoms with Crippen LogP contribution in [0.15, 0.2) is 12.1 Å². The van der Waals surface area contributed by atoms with Crippen molar-refractivity contribution in [1.82, 2.24) is 10.3 Å². The molecule has 0 amide bonds. The number of aromatic carboxylic acids is 1. The van der Waals surface area contributed by atoms with E-state index in [0.717, 1.165) is 0 Å². The lowest BCUT2D eigenvalue weighted by Gasteiger charge is -2.08. The second-order valence-electron chi connectivity index (χ2n) is 2.81. The number of carbonyl (C=O) groups is 1. The Balaban J connectivity index is 2.99. The predicted octanol–water partition coefficient (Wildman–Crippen LogP) is 0.354. The third-order valence-corrected chi connectivity index (χ3v) is 1.79. The summed E-state index contributed by atoms with van der Waals surface area (Å²) in [5.74, 6) is -0.722. The smallest absolute Gasteiger partial charge is 0.341 e. The van der Waals surface area contributed by atoms with Crippen LogP contribution in [-0.4, -0.2) is 36.2 Å². The van der Waals surface area contributed by atoms with Gasteiger partial charge in [0.15, 0.2) is 5.96 Å². The molecule has 0 aliphatic carbocycles. The minimum absolute atomic E-state index is 0.00130. The Kier molecular flexibility index (Phi) is 3.65. The standard InChI is InChI=1S/C9H12N4O3/c1-11-9(10)13-6-4-3-5(8(14)15)7(12-6)16-2/h3-4H,1-2H3,(H,14,15)(H3,10,11,12,13). The third kappa shape index (κ3) is 2.59. The van der Waals surface area contributed by atoms with Gasteiger partial charge in [-0.05, 0) is 12.1 Å². The number of guanidine groups is 1. The Morgan fingerprint density at radius 2 is 2.25 bits per heavy atom. The van der Waals surface area contributed by atoms with Crippen LogP contribution in [0, 0.1) is 5.41 Å². The number of nitrogens with zero attached hydrogens (tertiary/aromatic N) is 1. The molecule has 0 atom stereocenters. The number of ether oxygens (including phenoxy) is 1. The molecule has 0 aliphatic heterocycles. The van der Waals surface area contributed by atoms with Crippen LogP contribution in [0.2, 0.25) is 0 Å². The van der Waals surface area contributed by atoms with E-state index in [0.29, 0.717) is 5.82 Å². The van der Waals surface area contributed by atoms with Crippen LogP contribution in [0.25, 0.3) is 0 Å². The van der Waals surface area contributed by atoms with E-state index in [1.807, 2.05) is 0 Å². The highest BCUT2D eigenvalue weighted by Crippen LogP contribution is 2.18. The Morgan fingerprint density at radius 1 is 1.56 bits per heavy atom. The van der Waals surface area contributed by atoms with Crippen LogP contribution in [-0.2, 0) is 0 Å². The van der Waals surface area contributed by atoms with Crippen molar-refractivity contribution in [3.8, 4) is 5.88 Å². The maximum Gasteiger partial charge on any atom is 0.341 e. The van der Waals surface area contributed by atoms with Crippen LogP contribution in [0.4, 0.5) is 5.82 Å². The maximum absolute atomic E-state index is 10.8. The second kappa shape index (κ2) is 4.96. The summed E-state index contributed by atoms with van der Waals surface area (Å²) in [4.78, 5) is 14.7. The van der Waals surface area contributed by atoms with Gasteiger partial charge in [-0.25, -0.2) is 4.79 Å². The molecule has 16 heavy (non-hydrogen) atoms. The monoisotopic (exact) mass is 224 g/mol. The van der Waals surface area contributed by atoms with Crippen molar-refractivity contribution in [2.24, 2.45) is 0 Å². The first-order valence-corrected chi connectivity index (χ1v) is 4.40. The van der Waals surface area contributed by atoms with Gasteiger partial charge >= 0.3 is 5.97 Å². The van der Waals surface area contributed by atoms with Crippen molar-refractivity contribution in [3.63, 3.8) is 0 Å². The Hall–Kier alpha value is -2.31. The lowest BCUT2D eigenvalue weighted by atomic mass is 10.2. The molecule has 4 N–H and O–H groups in total. The average Bonchev–Trinajstić information content (AvgIpc) is 2.28. The van der Waals surface area contributed by atoms with Crippen molar-refractivity contribution in [3.05, 3.63) is 17.7 Å². The second-order valence-corrected chi connectivity index (χ2v) is 2.81. The molecule has 0 radical (unpaired) electrons. The number of carboxylic acid groups (broad SMARTS) is 1. The number of pyridine rings is 1. The average molecular weight is 224 g/mol. The molecule has 7 nitrogen and oxygen atoms in total. The minimum atomic E-state index is -1.11. The zero-order valence-corrected chi connectivity index (χ0v) is 8.87. The minimum Gasteiger partial charge on any atom is -0.480 e. The fourth-order valence-electron chi connectivity index (χ4n) is 1.02. The first-order chi connectivity index (χ1) is 7.58. The third-order valence-electron chi connectivity index (χ3n) is 1.79. The van der Waals surface area contributed by atoms with E-state index in [-0.39, 0.29) is 17.4 Å². The van der Waals surface area contributed by atoms with Gasteiger partial charge in [0, 0.05) is 7.05 Å². The SMILES string of the molecule is CNC(=N)Nc1ccc(C(=O)O)c(OC)n1. The summed E-state index contributed by atoms with van der Waals surface area (Å²) >= 11 is 0. The van der Waals surface area contributed by atoms with Gasteiger partial charge in [0.25, 0.3) is 0 Å². The molecule has 1 aromatic rings. The molecule has 0 bridgehead atoms. The number of methoxy groups -OCH3 is 1. The van der Waals surface area contributed by atoms with Crippen LogP contribution < -0.4 is 15.4 Å². The molecule has 0 fully saturated rings. The van der Waals surface area contributed by atoms with E-state index in [9.17, 15) is 4.79 Å². The van der Waals surface area contributed by atoms with Crippen molar-refractivity contribution in [2.45, 2.75) is 0 Å². The van der Waals surface area contributed by atoms with E-state index in [4.69, 9.17) is 15.3 Å². The van der Waals surface area contributed by atoms with Gasteiger partial charge < -0.3 is 20.5 Å². The Morgan fingerprint density at radius 3 is 2.75 bits per heavy atom. The van der Waals surface area contributed by atoms with Crippen LogP contribution in [0.5, 0.6) is 5.88 Å². The number of carboxylic acids is 1. The van der Waals surface area contributed by atoms with Gasteiger partial charge in [-0.15, -0.1) is 0 Å². The zero-order chi connectivity index (χ0) is 12.1. The van der Waals surface area contributed by atoms with Crippen LogP contribution in [0.3, 0.4) is 0 Å². The van der Waals surface area contributed by atoms with Gasteiger partial charge in [-0.1, -0.05) is 0 Å². The Labute approximate surface area is 92.0 Å².